The molecule has 2 unspecified atom stereocenters. The molecule has 1 aliphatic heterocycles. The molecule has 0 aliphatic carbocycles. The average Bonchev–Trinajstić information content (AvgIpc) is 3.23. The summed E-state index contributed by atoms with van der Waals surface area (Å²) in [6.07, 6.45) is 1.80. The number of anilines is 1. The highest BCUT2D eigenvalue weighted by atomic mass is 35.5. The van der Waals surface area contributed by atoms with Gasteiger partial charge in [0.2, 0.25) is 0 Å². The van der Waals surface area contributed by atoms with E-state index < -0.39 is 15.9 Å². The number of carbonyl (C=O) groups excluding carboxylic acids is 1. The lowest BCUT2D eigenvalue weighted by atomic mass is 10.1. The minimum atomic E-state index is -4.04. The number of para-hydroxylation sites is 2. The second-order valence-corrected chi connectivity index (χ2v) is 8.82. The van der Waals surface area contributed by atoms with Crippen LogP contribution in [0.5, 0.6) is 5.75 Å². The third-order valence-corrected chi connectivity index (χ3v) is 6.56. The Labute approximate surface area is 175 Å². The minimum absolute atomic E-state index is 0.0103. The van der Waals surface area contributed by atoms with Gasteiger partial charge in [0.1, 0.15) is 10.6 Å². The predicted molar refractivity (Wildman–Crippen MR) is 111 cm³/mol. The molecule has 0 bridgehead atoms. The zero-order valence-corrected chi connectivity index (χ0v) is 17.7. The van der Waals surface area contributed by atoms with Crippen LogP contribution in [-0.4, -0.2) is 40.2 Å². The fourth-order valence-corrected chi connectivity index (χ4v) is 4.76. The molecular weight excluding hydrogens is 416 g/mol. The number of carbonyl (C=O) groups is 1. The van der Waals surface area contributed by atoms with Gasteiger partial charge in [0.25, 0.3) is 15.9 Å². The van der Waals surface area contributed by atoms with Gasteiger partial charge in [-0.3, -0.25) is 9.52 Å². The van der Waals surface area contributed by atoms with Gasteiger partial charge in [-0.25, -0.2) is 8.42 Å². The van der Waals surface area contributed by atoms with Gasteiger partial charge in [0.15, 0.2) is 0 Å². The summed E-state index contributed by atoms with van der Waals surface area (Å²) in [5.41, 5.74) is 0.465. The van der Waals surface area contributed by atoms with Crippen LogP contribution in [0.15, 0.2) is 47.4 Å². The number of hydrogen-bond acceptors (Lipinski definition) is 5. The van der Waals surface area contributed by atoms with Crippen LogP contribution in [0.4, 0.5) is 5.69 Å². The third kappa shape index (κ3) is 5.01. The van der Waals surface area contributed by atoms with E-state index in [2.05, 4.69) is 10.0 Å². The minimum Gasteiger partial charge on any atom is -0.495 e. The predicted octanol–water partition coefficient (Wildman–Crippen LogP) is 3.45. The van der Waals surface area contributed by atoms with Crippen LogP contribution < -0.4 is 14.8 Å². The number of ether oxygens (including phenoxy) is 2. The SMILES string of the molecule is COc1ccccc1NS(=O)(=O)c1cc(C(=O)NC(C)C2CCCO2)ccc1Cl. The first-order valence-corrected chi connectivity index (χ1v) is 11.1. The van der Waals surface area contributed by atoms with Crippen molar-refractivity contribution in [3.05, 3.63) is 53.1 Å². The highest BCUT2D eigenvalue weighted by Gasteiger charge is 2.26. The maximum Gasteiger partial charge on any atom is 0.263 e. The quantitative estimate of drug-likeness (QED) is 0.690. The summed E-state index contributed by atoms with van der Waals surface area (Å²) < 4.78 is 39.0. The number of amides is 1. The number of sulfonamides is 1. The molecular formula is C20H23ClN2O5S. The van der Waals surface area contributed by atoms with E-state index in [1.807, 2.05) is 6.92 Å². The Bertz CT molecular complexity index is 990. The van der Waals surface area contributed by atoms with Gasteiger partial charge < -0.3 is 14.8 Å². The molecule has 1 amide bonds. The molecule has 7 nitrogen and oxygen atoms in total. The molecule has 156 valence electrons. The Morgan fingerprint density at radius 3 is 2.72 bits per heavy atom. The van der Waals surface area contributed by atoms with Crippen LogP contribution in [0.25, 0.3) is 0 Å². The standard InChI is InChI=1S/C20H23ClN2O5S/c1-13(17-8-5-11-28-17)22-20(24)14-9-10-15(21)19(12-14)29(25,26)23-16-6-3-4-7-18(16)27-2/h3-4,6-7,9-10,12-13,17,23H,5,8,11H2,1-2H3,(H,22,24). The molecule has 1 heterocycles. The molecule has 9 heteroatoms. The van der Waals surface area contributed by atoms with Crippen molar-refractivity contribution in [2.45, 2.75) is 36.8 Å². The van der Waals surface area contributed by atoms with Crippen molar-refractivity contribution in [1.29, 1.82) is 0 Å². The highest BCUT2D eigenvalue weighted by Crippen LogP contribution is 2.29. The van der Waals surface area contributed by atoms with Crippen LogP contribution in [0, 0.1) is 0 Å². The van der Waals surface area contributed by atoms with E-state index in [1.165, 1.54) is 25.3 Å². The van der Waals surface area contributed by atoms with E-state index in [0.717, 1.165) is 12.8 Å². The second kappa shape index (κ2) is 9.02. The van der Waals surface area contributed by atoms with Crippen molar-refractivity contribution in [2.24, 2.45) is 0 Å². The lowest BCUT2D eigenvalue weighted by Gasteiger charge is -2.20. The second-order valence-electron chi connectivity index (χ2n) is 6.76. The zero-order chi connectivity index (χ0) is 21.0. The molecule has 0 spiro atoms. The van der Waals surface area contributed by atoms with E-state index in [0.29, 0.717) is 12.4 Å². The Morgan fingerprint density at radius 1 is 1.28 bits per heavy atom. The van der Waals surface area contributed by atoms with Gasteiger partial charge in [-0.15, -0.1) is 0 Å². The maximum absolute atomic E-state index is 12.9. The molecule has 2 N–H and O–H groups in total. The van der Waals surface area contributed by atoms with E-state index in [1.54, 1.807) is 24.3 Å². The maximum atomic E-state index is 12.9. The Hall–Kier alpha value is -2.29. The summed E-state index contributed by atoms with van der Waals surface area (Å²) in [5.74, 6) is -0.0232. The summed E-state index contributed by atoms with van der Waals surface area (Å²) in [4.78, 5) is 12.4. The van der Waals surface area contributed by atoms with Crippen LogP contribution >= 0.6 is 11.6 Å². The Kier molecular flexibility index (Phi) is 6.66. The summed E-state index contributed by atoms with van der Waals surface area (Å²) in [5, 5.41) is 2.87. The number of hydrogen-bond donors (Lipinski definition) is 2. The normalized spacial score (nSPS) is 17.6. The van der Waals surface area contributed by atoms with Crippen molar-refractivity contribution in [1.82, 2.24) is 5.32 Å². The lowest BCUT2D eigenvalue weighted by Crippen LogP contribution is -2.40. The highest BCUT2D eigenvalue weighted by molar-refractivity contribution is 7.92. The number of nitrogens with one attached hydrogen (secondary N) is 2. The van der Waals surface area contributed by atoms with Crippen molar-refractivity contribution in [3.8, 4) is 5.75 Å². The first-order chi connectivity index (χ1) is 13.8. The molecule has 0 saturated carbocycles. The van der Waals surface area contributed by atoms with Crippen LogP contribution in [0.1, 0.15) is 30.1 Å². The third-order valence-electron chi connectivity index (χ3n) is 4.72. The fraction of sp³-hybridized carbons (Fsp3) is 0.350. The Morgan fingerprint density at radius 2 is 2.03 bits per heavy atom. The molecule has 1 aliphatic rings. The van der Waals surface area contributed by atoms with Crippen molar-refractivity contribution >= 4 is 33.2 Å². The van der Waals surface area contributed by atoms with E-state index in [4.69, 9.17) is 21.1 Å². The first kappa shape index (κ1) is 21.4. The average molecular weight is 439 g/mol. The number of halogens is 1. The van der Waals surface area contributed by atoms with Gasteiger partial charge in [0.05, 0.1) is 30.0 Å². The summed E-state index contributed by atoms with van der Waals surface area (Å²) >= 11 is 6.13. The summed E-state index contributed by atoms with van der Waals surface area (Å²) in [6, 6.07) is 10.6. The van der Waals surface area contributed by atoms with E-state index >= 15 is 0 Å². The molecule has 1 fully saturated rings. The van der Waals surface area contributed by atoms with Gasteiger partial charge in [-0.2, -0.15) is 0 Å². The largest absolute Gasteiger partial charge is 0.495 e. The van der Waals surface area contributed by atoms with E-state index in [9.17, 15) is 13.2 Å². The molecule has 0 radical (unpaired) electrons. The smallest absolute Gasteiger partial charge is 0.263 e. The van der Waals surface area contributed by atoms with Crippen molar-refractivity contribution in [3.63, 3.8) is 0 Å². The number of methoxy groups -OCH3 is 1. The number of rotatable bonds is 7. The molecule has 2 atom stereocenters. The van der Waals surface area contributed by atoms with Gasteiger partial charge in [-0.1, -0.05) is 23.7 Å². The molecule has 3 rings (SSSR count). The van der Waals surface area contributed by atoms with Crippen molar-refractivity contribution in [2.75, 3.05) is 18.4 Å². The van der Waals surface area contributed by atoms with Gasteiger partial charge in [-0.05, 0) is 50.1 Å². The zero-order valence-electron chi connectivity index (χ0n) is 16.1. The molecule has 2 aromatic carbocycles. The molecule has 0 aromatic heterocycles. The van der Waals surface area contributed by atoms with E-state index in [-0.39, 0.29) is 33.3 Å². The van der Waals surface area contributed by atoms with Crippen molar-refractivity contribution < 1.29 is 22.7 Å². The lowest BCUT2D eigenvalue weighted by molar-refractivity contribution is 0.0712. The first-order valence-electron chi connectivity index (χ1n) is 9.19. The molecule has 1 saturated heterocycles. The van der Waals surface area contributed by atoms with Crippen LogP contribution in [0.3, 0.4) is 0 Å². The molecule has 29 heavy (non-hydrogen) atoms. The monoisotopic (exact) mass is 438 g/mol. The number of benzene rings is 2. The Balaban J connectivity index is 1.83. The summed E-state index contributed by atoms with van der Waals surface area (Å²) in [7, 11) is -2.60. The van der Waals surface area contributed by atoms with Crippen LogP contribution in [-0.2, 0) is 14.8 Å². The summed E-state index contributed by atoms with van der Waals surface area (Å²) in [6.45, 7) is 2.55. The van der Waals surface area contributed by atoms with Crippen LogP contribution in [0.2, 0.25) is 5.02 Å². The molecule has 2 aromatic rings. The van der Waals surface area contributed by atoms with Gasteiger partial charge in [0, 0.05) is 12.2 Å². The topological polar surface area (TPSA) is 93.7 Å². The van der Waals surface area contributed by atoms with Gasteiger partial charge >= 0.3 is 0 Å². The fourth-order valence-electron chi connectivity index (χ4n) is 3.16.